The maximum atomic E-state index is 13.8. The van der Waals surface area contributed by atoms with Crippen molar-refractivity contribution < 1.29 is 23.9 Å². The third-order valence-electron chi connectivity index (χ3n) is 9.33. The summed E-state index contributed by atoms with van der Waals surface area (Å²) in [5.41, 5.74) is -1.53. The first-order valence-corrected chi connectivity index (χ1v) is 16.9. The number of nitrogens with one attached hydrogen (secondary N) is 2. The fourth-order valence-corrected chi connectivity index (χ4v) is 6.74. The monoisotopic (exact) mass is 617 g/mol. The normalized spacial score (nSPS) is 22.9. The highest BCUT2D eigenvalue weighted by molar-refractivity contribution is 5.98. The van der Waals surface area contributed by atoms with Gasteiger partial charge in [-0.1, -0.05) is 66.2 Å². The number of nitrogens with zero attached hydrogens (tertiary/aromatic N) is 3. The Labute approximate surface area is 265 Å². The van der Waals surface area contributed by atoms with E-state index in [1.54, 1.807) is 17.4 Å². The van der Waals surface area contributed by atoms with Gasteiger partial charge in [0, 0.05) is 31.4 Å². The molecule has 0 unspecified atom stereocenters. The van der Waals surface area contributed by atoms with Crippen LogP contribution in [-0.2, 0) is 25.6 Å². The van der Waals surface area contributed by atoms with Crippen LogP contribution in [0.25, 0.3) is 0 Å². The number of hydrogen-bond donors (Lipinski definition) is 2. The standard InChI is InChI=1S/C34H59N5O5/c1-10-24(4)29(36-17-19-38-18-16-35-22-38)31(41)37-30(40)26(23(2)3)21-28-27(20-25-14-12-11-13-15-25)39(34(8,9)43-28)32(42)44-33(5,6)7/h16,18,22-29,36H,10-15,17,19-21H2,1-9H3,(H,37,40,41)/t24-,26-,27-,28-,29-/m0/s1. The lowest BCUT2D eigenvalue weighted by Crippen LogP contribution is -2.52. The molecule has 5 atom stereocenters. The van der Waals surface area contributed by atoms with Crippen LogP contribution in [0.1, 0.15) is 114 Å². The first-order valence-electron chi connectivity index (χ1n) is 16.9. The molecule has 1 aliphatic carbocycles. The molecule has 44 heavy (non-hydrogen) atoms. The van der Waals surface area contributed by atoms with Gasteiger partial charge < -0.3 is 19.4 Å². The Balaban J connectivity index is 1.77. The lowest BCUT2D eigenvalue weighted by Gasteiger charge is -2.37. The second kappa shape index (κ2) is 15.7. The van der Waals surface area contributed by atoms with Gasteiger partial charge in [-0.25, -0.2) is 9.78 Å². The van der Waals surface area contributed by atoms with E-state index in [9.17, 15) is 14.4 Å². The molecule has 2 fully saturated rings. The topological polar surface area (TPSA) is 115 Å². The smallest absolute Gasteiger partial charge is 0.412 e. The van der Waals surface area contributed by atoms with Crippen molar-refractivity contribution in [3.8, 4) is 0 Å². The first-order chi connectivity index (χ1) is 20.6. The van der Waals surface area contributed by atoms with E-state index in [1.165, 1.54) is 19.3 Å². The van der Waals surface area contributed by atoms with Gasteiger partial charge in [-0.2, -0.15) is 0 Å². The zero-order chi connectivity index (χ0) is 32.7. The average molecular weight is 618 g/mol. The van der Waals surface area contributed by atoms with Gasteiger partial charge in [0.15, 0.2) is 0 Å². The fourth-order valence-electron chi connectivity index (χ4n) is 6.74. The minimum absolute atomic E-state index is 0.0309. The average Bonchev–Trinajstić information content (AvgIpc) is 3.53. The molecule has 2 aliphatic rings. The molecule has 0 radical (unpaired) electrons. The van der Waals surface area contributed by atoms with Gasteiger partial charge in [0.2, 0.25) is 11.8 Å². The van der Waals surface area contributed by atoms with E-state index in [0.717, 1.165) is 25.7 Å². The van der Waals surface area contributed by atoms with Crippen LogP contribution in [0.3, 0.4) is 0 Å². The van der Waals surface area contributed by atoms with Crippen LogP contribution >= 0.6 is 0 Å². The summed E-state index contributed by atoms with van der Waals surface area (Å²) < 4.78 is 14.4. The predicted molar refractivity (Wildman–Crippen MR) is 172 cm³/mol. The second-order valence-electron chi connectivity index (χ2n) is 14.8. The van der Waals surface area contributed by atoms with Crippen molar-refractivity contribution in [2.75, 3.05) is 6.54 Å². The molecule has 0 aromatic carbocycles. The fraction of sp³-hybridized carbons (Fsp3) is 0.824. The Hall–Kier alpha value is -2.46. The van der Waals surface area contributed by atoms with E-state index in [-0.39, 0.29) is 41.9 Å². The summed E-state index contributed by atoms with van der Waals surface area (Å²) in [5.74, 6) is -0.543. The number of carbonyl (C=O) groups is 3. The summed E-state index contributed by atoms with van der Waals surface area (Å²) in [6, 6.07) is -0.714. The molecule has 1 aliphatic heterocycles. The molecule has 3 amide bonds. The molecule has 0 bridgehead atoms. The van der Waals surface area contributed by atoms with E-state index >= 15 is 0 Å². The minimum Gasteiger partial charge on any atom is -0.444 e. The van der Waals surface area contributed by atoms with Crippen LogP contribution in [0.4, 0.5) is 4.79 Å². The molecule has 2 N–H and O–H groups in total. The number of aromatic nitrogens is 2. The van der Waals surface area contributed by atoms with Crippen LogP contribution in [0.5, 0.6) is 0 Å². The van der Waals surface area contributed by atoms with E-state index < -0.39 is 23.3 Å². The molecular formula is C34H59N5O5. The summed E-state index contributed by atoms with van der Waals surface area (Å²) in [6.45, 7) is 18.8. The minimum atomic E-state index is -0.888. The largest absolute Gasteiger partial charge is 0.444 e. The molecule has 2 heterocycles. The van der Waals surface area contributed by atoms with Gasteiger partial charge in [-0.15, -0.1) is 0 Å². The number of hydrogen-bond acceptors (Lipinski definition) is 7. The molecule has 10 heteroatoms. The van der Waals surface area contributed by atoms with Crippen LogP contribution < -0.4 is 10.6 Å². The first kappa shape index (κ1) is 36.0. The Morgan fingerprint density at radius 3 is 2.34 bits per heavy atom. The Morgan fingerprint density at radius 2 is 1.77 bits per heavy atom. The Kier molecular flexibility index (Phi) is 12.8. The van der Waals surface area contributed by atoms with Gasteiger partial charge in [0.05, 0.1) is 24.5 Å². The third kappa shape index (κ3) is 10.0. The number of imide groups is 1. The predicted octanol–water partition coefficient (Wildman–Crippen LogP) is 5.90. The third-order valence-corrected chi connectivity index (χ3v) is 9.33. The summed E-state index contributed by atoms with van der Waals surface area (Å²) in [4.78, 5) is 46.7. The van der Waals surface area contributed by atoms with Crippen LogP contribution in [0, 0.1) is 23.7 Å². The van der Waals surface area contributed by atoms with Crippen molar-refractivity contribution in [3.05, 3.63) is 18.7 Å². The molecule has 250 valence electrons. The van der Waals surface area contributed by atoms with Gasteiger partial charge in [0.1, 0.15) is 11.3 Å². The SMILES string of the molecule is CC[C@H](C)[C@H](NCCn1ccnc1)C(=O)NC(=O)[C@@H](C[C@@H]1OC(C)(C)N(C(=O)OC(C)(C)C)[C@H]1CC1CCCCC1)C(C)C. The Bertz CT molecular complexity index is 1060. The molecule has 10 nitrogen and oxygen atoms in total. The highest BCUT2D eigenvalue weighted by Gasteiger charge is 2.52. The van der Waals surface area contributed by atoms with E-state index in [0.29, 0.717) is 25.4 Å². The molecule has 1 saturated heterocycles. The van der Waals surface area contributed by atoms with Crippen LogP contribution in [-0.4, -0.2) is 68.4 Å². The van der Waals surface area contributed by atoms with Crippen molar-refractivity contribution in [2.45, 2.75) is 150 Å². The lowest BCUT2D eigenvalue weighted by atomic mass is 9.81. The number of amides is 3. The van der Waals surface area contributed by atoms with E-state index in [1.807, 2.05) is 73.1 Å². The number of rotatable bonds is 13. The van der Waals surface area contributed by atoms with Crippen LogP contribution in [0.15, 0.2) is 18.7 Å². The number of imidazole rings is 1. The van der Waals surface area contributed by atoms with Gasteiger partial charge in [-0.3, -0.25) is 19.8 Å². The van der Waals surface area contributed by atoms with E-state index in [4.69, 9.17) is 9.47 Å². The zero-order valence-corrected chi connectivity index (χ0v) is 28.7. The quantitative estimate of drug-likeness (QED) is 0.283. The maximum Gasteiger partial charge on any atom is 0.412 e. The van der Waals surface area contributed by atoms with Crippen molar-refractivity contribution in [2.24, 2.45) is 23.7 Å². The van der Waals surface area contributed by atoms with Gasteiger partial charge in [0.25, 0.3) is 0 Å². The molecule has 1 saturated carbocycles. The summed E-state index contributed by atoms with van der Waals surface area (Å²) in [6.07, 6.45) is 12.6. The molecule has 0 spiro atoms. The van der Waals surface area contributed by atoms with Gasteiger partial charge >= 0.3 is 6.09 Å². The van der Waals surface area contributed by atoms with Crippen molar-refractivity contribution in [3.63, 3.8) is 0 Å². The van der Waals surface area contributed by atoms with E-state index in [2.05, 4.69) is 15.6 Å². The highest BCUT2D eigenvalue weighted by atomic mass is 16.6. The molecular weight excluding hydrogens is 558 g/mol. The van der Waals surface area contributed by atoms with Gasteiger partial charge in [-0.05, 0) is 65.2 Å². The Morgan fingerprint density at radius 1 is 1.09 bits per heavy atom. The highest BCUT2D eigenvalue weighted by Crippen LogP contribution is 2.42. The summed E-state index contributed by atoms with van der Waals surface area (Å²) in [7, 11) is 0. The summed E-state index contributed by atoms with van der Waals surface area (Å²) in [5, 5.41) is 6.12. The van der Waals surface area contributed by atoms with Crippen molar-refractivity contribution in [1.29, 1.82) is 0 Å². The molecule has 1 aromatic heterocycles. The van der Waals surface area contributed by atoms with Crippen molar-refractivity contribution >= 4 is 17.9 Å². The maximum absolute atomic E-state index is 13.8. The molecule has 1 aromatic rings. The zero-order valence-electron chi connectivity index (χ0n) is 28.7. The number of carbonyl (C=O) groups excluding carboxylic acids is 3. The second-order valence-corrected chi connectivity index (χ2v) is 14.8. The van der Waals surface area contributed by atoms with Crippen molar-refractivity contribution in [1.82, 2.24) is 25.1 Å². The molecule has 3 rings (SSSR count). The number of ether oxygens (including phenoxy) is 2. The summed E-state index contributed by atoms with van der Waals surface area (Å²) >= 11 is 0. The van der Waals surface area contributed by atoms with Crippen LogP contribution in [0.2, 0.25) is 0 Å². The lowest BCUT2D eigenvalue weighted by molar-refractivity contribution is -0.137.